The molecule has 2 aromatic rings. The Morgan fingerprint density at radius 3 is 2.40 bits per heavy atom. The van der Waals surface area contributed by atoms with Gasteiger partial charge in [-0.05, 0) is 62.1 Å². The lowest BCUT2D eigenvalue weighted by Gasteiger charge is -2.31. The van der Waals surface area contributed by atoms with Crippen molar-refractivity contribution in [2.24, 2.45) is 0 Å². The molecule has 0 bridgehead atoms. The topological polar surface area (TPSA) is 58.6 Å². The molecular formula is C24H27FN2O3. The number of aryl methyl sites for hydroxylation is 2. The van der Waals surface area contributed by atoms with Crippen LogP contribution in [0.4, 0.5) is 4.39 Å². The van der Waals surface area contributed by atoms with Gasteiger partial charge < -0.3 is 9.64 Å². The Bertz CT molecular complexity index is 998. The summed E-state index contributed by atoms with van der Waals surface area (Å²) in [6.45, 7) is 7.90. The van der Waals surface area contributed by atoms with Gasteiger partial charge in [0, 0.05) is 12.1 Å². The normalized spacial score (nSPS) is 17.5. The molecule has 0 unspecified atom stereocenters. The molecule has 1 aliphatic rings. The molecule has 1 amide bonds. The summed E-state index contributed by atoms with van der Waals surface area (Å²) < 4.78 is 18.3. The zero-order valence-corrected chi connectivity index (χ0v) is 18.0. The third-order valence-electron chi connectivity index (χ3n) is 5.66. The first-order valence-electron chi connectivity index (χ1n) is 9.86. The summed E-state index contributed by atoms with van der Waals surface area (Å²) in [7, 11) is 1.35. The maximum atomic E-state index is 13.3. The minimum atomic E-state index is -0.732. The van der Waals surface area contributed by atoms with E-state index in [2.05, 4.69) is 5.32 Å². The van der Waals surface area contributed by atoms with Gasteiger partial charge in [-0.1, -0.05) is 35.9 Å². The molecular weight excluding hydrogens is 383 g/mol. The SMILES string of the molecule is COC(=O)[C@@H](N[C@H]1C(C)=C(C)C(=O)N1Cc1ccc(F)cc1)c1ccc(C)cc1C. The highest BCUT2D eigenvalue weighted by Crippen LogP contribution is 2.29. The number of benzene rings is 2. The van der Waals surface area contributed by atoms with E-state index in [4.69, 9.17) is 4.74 Å². The summed E-state index contributed by atoms with van der Waals surface area (Å²) in [5.74, 6) is -0.862. The monoisotopic (exact) mass is 410 g/mol. The second kappa shape index (κ2) is 8.79. The summed E-state index contributed by atoms with van der Waals surface area (Å²) in [5.41, 5.74) is 5.16. The van der Waals surface area contributed by atoms with Crippen LogP contribution in [-0.2, 0) is 20.9 Å². The van der Waals surface area contributed by atoms with Crippen molar-refractivity contribution < 1.29 is 18.7 Å². The van der Waals surface area contributed by atoms with Gasteiger partial charge in [0.1, 0.15) is 18.0 Å². The number of nitrogens with zero attached hydrogens (tertiary/aromatic N) is 1. The Morgan fingerprint density at radius 2 is 1.80 bits per heavy atom. The molecule has 1 N–H and O–H groups in total. The Balaban J connectivity index is 1.94. The molecule has 1 heterocycles. The molecule has 0 fully saturated rings. The highest BCUT2D eigenvalue weighted by atomic mass is 19.1. The van der Waals surface area contributed by atoms with Crippen LogP contribution in [0.2, 0.25) is 0 Å². The summed E-state index contributed by atoms with van der Waals surface area (Å²) in [5, 5.41) is 3.33. The van der Waals surface area contributed by atoms with Gasteiger partial charge >= 0.3 is 5.97 Å². The minimum absolute atomic E-state index is 0.112. The highest BCUT2D eigenvalue weighted by Gasteiger charge is 2.38. The van der Waals surface area contributed by atoms with Gasteiger partial charge in [-0.3, -0.25) is 10.1 Å². The Labute approximate surface area is 176 Å². The fourth-order valence-electron chi connectivity index (χ4n) is 3.81. The fraction of sp³-hybridized carbons (Fsp3) is 0.333. The number of amides is 1. The number of halogens is 1. The van der Waals surface area contributed by atoms with Crippen molar-refractivity contribution in [3.63, 3.8) is 0 Å². The molecule has 0 saturated carbocycles. The van der Waals surface area contributed by atoms with Crippen molar-refractivity contribution in [1.29, 1.82) is 0 Å². The van der Waals surface area contributed by atoms with E-state index in [1.807, 2.05) is 39.0 Å². The number of nitrogens with one attached hydrogen (secondary N) is 1. The van der Waals surface area contributed by atoms with Crippen LogP contribution in [0.1, 0.15) is 42.1 Å². The van der Waals surface area contributed by atoms with Gasteiger partial charge in [0.2, 0.25) is 0 Å². The Morgan fingerprint density at radius 1 is 1.13 bits per heavy atom. The third kappa shape index (κ3) is 4.28. The van der Waals surface area contributed by atoms with Gasteiger partial charge in [0.15, 0.2) is 0 Å². The maximum Gasteiger partial charge on any atom is 0.327 e. The van der Waals surface area contributed by atoms with Gasteiger partial charge in [-0.15, -0.1) is 0 Å². The number of esters is 1. The summed E-state index contributed by atoms with van der Waals surface area (Å²) in [6, 6.07) is 11.2. The molecule has 6 heteroatoms. The molecule has 30 heavy (non-hydrogen) atoms. The third-order valence-corrected chi connectivity index (χ3v) is 5.66. The van der Waals surface area contributed by atoms with Gasteiger partial charge in [-0.25, -0.2) is 9.18 Å². The van der Waals surface area contributed by atoms with Crippen LogP contribution >= 0.6 is 0 Å². The fourth-order valence-corrected chi connectivity index (χ4v) is 3.81. The average molecular weight is 410 g/mol. The Kier molecular flexibility index (Phi) is 6.37. The quantitative estimate of drug-likeness (QED) is 0.733. The van der Waals surface area contributed by atoms with E-state index < -0.39 is 18.2 Å². The number of carbonyl (C=O) groups excluding carboxylic acids is 2. The molecule has 0 aromatic heterocycles. The van der Waals surface area contributed by atoms with Crippen LogP contribution in [0.15, 0.2) is 53.6 Å². The molecule has 0 spiro atoms. The zero-order chi connectivity index (χ0) is 22.0. The van der Waals surface area contributed by atoms with Crippen LogP contribution in [0.5, 0.6) is 0 Å². The number of methoxy groups -OCH3 is 1. The van der Waals surface area contributed by atoms with Crippen molar-refractivity contribution in [3.05, 3.63) is 81.7 Å². The zero-order valence-electron chi connectivity index (χ0n) is 18.0. The van der Waals surface area contributed by atoms with E-state index in [9.17, 15) is 14.0 Å². The minimum Gasteiger partial charge on any atom is -0.468 e. The van der Waals surface area contributed by atoms with Crippen LogP contribution < -0.4 is 5.32 Å². The first-order chi connectivity index (χ1) is 14.2. The lowest BCUT2D eigenvalue weighted by atomic mass is 9.98. The molecule has 0 aliphatic carbocycles. The standard InChI is InChI=1S/C24H27FN2O3/c1-14-6-11-20(15(2)12-14)21(24(29)30-5)26-22-16(3)17(4)23(28)27(22)13-18-7-9-19(25)10-8-18/h6-12,21-22,26H,13H2,1-5H3/t21-,22+/m0/s1. The highest BCUT2D eigenvalue weighted by molar-refractivity contribution is 5.97. The van der Waals surface area contributed by atoms with Crippen LogP contribution in [-0.4, -0.2) is 30.1 Å². The number of hydrogen-bond acceptors (Lipinski definition) is 4. The van der Waals surface area contributed by atoms with E-state index >= 15 is 0 Å². The van der Waals surface area contributed by atoms with E-state index in [0.29, 0.717) is 12.1 Å². The molecule has 2 atom stereocenters. The molecule has 5 nitrogen and oxygen atoms in total. The lowest BCUT2D eigenvalue weighted by Crippen LogP contribution is -2.48. The largest absolute Gasteiger partial charge is 0.468 e. The van der Waals surface area contributed by atoms with E-state index in [-0.39, 0.29) is 11.7 Å². The van der Waals surface area contributed by atoms with E-state index in [1.165, 1.54) is 19.2 Å². The van der Waals surface area contributed by atoms with Gasteiger partial charge in [-0.2, -0.15) is 0 Å². The summed E-state index contributed by atoms with van der Waals surface area (Å²) in [4.78, 5) is 27.2. The molecule has 3 rings (SSSR count). The molecule has 0 radical (unpaired) electrons. The van der Waals surface area contributed by atoms with Crippen molar-refractivity contribution in [2.45, 2.75) is 46.4 Å². The summed E-state index contributed by atoms with van der Waals surface area (Å²) in [6.07, 6.45) is -0.479. The van der Waals surface area contributed by atoms with Crippen LogP contribution in [0.3, 0.4) is 0 Å². The molecule has 2 aromatic carbocycles. The van der Waals surface area contributed by atoms with Crippen molar-refractivity contribution in [1.82, 2.24) is 10.2 Å². The van der Waals surface area contributed by atoms with Crippen LogP contribution in [0.25, 0.3) is 0 Å². The van der Waals surface area contributed by atoms with Crippen molar-refractivity contribution in [3.8, 4) is 0 Å². The molecule has 0 saturated heterocycles. The molecule has 158 valence electrons. The van der Waals surface area contributed by atoms with Crippen molar-refractivity contribution in [2.75, 3.05) is 7.11 Å². The first kappa shape index (κ1) is 21.7. The van der Waals surface area contributed by atoms with Gasteiger partial charge in [0.25, 0.3) is 5.91 Å². The van der Waals surface area contributed by atoms with Gasteiger partial charge in [0.05, 0.1) is 7.11 Å². The van der Waals surface area contributed by atoms with Crippen LogP contribution in [0, 0.1) is 19.7 Å². The predicted octanol–water partition coefficient (Wildman–Crippen LogP) is 3.95. The van der Waals surface area contributed by atoms with Crippen molar-refractivity contribution >= 4 is 11.9 Å². The second-order valence-corrected chi connectivity index (χ2v) is 7.75. The second-order valence-electron chi connectivity index (χ2n) is 7.75. The number of hydrogen-bond donors (Lipinski definition) is 1. The number of ether oxygens (including phenoxy) is 1. The predicted molar refractivity (Wildman–Crippen MR) is 113 cm³/mol. The average Bonchev–Trinajstić information content (AvgIpc) is 2.91. The first-order valence-corrected chi connectivity index (χ1v) is 9.86. The maximum absolute atomic E-state index is 13.3. The number of carbonyl (C=O) groups is 2. The molecule has 1 aliphatic heterocycles. The van der Waals surface area contributed by atoms with E-state index in [1.54, 1.807) is 24.0 Å². The smallest absolute Gasteiger partial charge is 0.327 e. The summed E-state index contributed by atoms with van der Waals surface area (Å²) >= 11 is 0. The Hall–Kier alpha value is -2.99. The van der Waals surface area contributed by atoms with E-state index in [0.717, 1.165) is 27.8 Å². The number of rotatable bonds is 6. The lowest BCUT2D eigenvalue weighted by molar-refractivity contribution is -0.144.